The molecule has 138 valence electrons. The van der Waals surface area contributed by atoms with Gasteiger partial charge in [-0.2, -0.15) is 0 Å². The molecule has 4 saturated carbocycles. The molecule has 2 amide bonds. The third-order valence-electron chi connectivity index (χ3n) is 7.97. The summed E-state index contributed by atoms with van der Waals surface area (Å²) in [7, 11) is 0. The molecule has 0 aromatic heterocycles. The Morgan fingerprint density at radius 2 is 1.44 bits per heavy atom. The summed E-state index contributed by atoms with van der Waals surface area (Å²) >= 11 is 0. The second-order valence-electron chi connectivity index (χ2n) is 9.86. The topological polar surface area (TPSA) is 69.6 Å². The van der Waals surface area contributed by atoms with Gasteiger partial charge in [0, 0.05) is 24.0 Å². The van der Waals surface area contributed by atoms with Crippen molar-refractivity contribution in [3.05, 3.63) is 0 Å². The van der Waals surface area contributed by atoms with E-state index in [0.717, 1.165) is 43.4 Å². The summed E-state index contributed by atoms with van der Waals surface area (Å²) in [5, 5.41) is 12.9. The number of carboxylic acid groups (broad SMARTS) is 1. The van der Waals surface area contributed by atoms with Crippen molar-refractivity contribution in [2.45, 2.75) is 88.3 Å². The van der Waals surface area contributed by atoms with Gasteiger partial charge in [-0.25, -0.2) is 4.79 Å². The van der Waals surface area contributed by atoms with Gasteiger partial charge < -0.3 is 15.3 Å². The van der Waals surface area contributed by atoms with E-state index in [-0.39, 0.29) is 23.5 Å². The highest BCUT2D eigenvalue weighted by Gasteiger charge is 2.52. The van der Waals surface area contributed by atoms with Crippen LogP contribution < -0.4 is 5.32 Å². The highest BCUT2D eigenvalue weighted by molar-refractivity contribution is 5.77. The van der Waals surface area contributed by atoms with Crippen LogP contribution in [-0.2, 0) is 4.79 Å². The van der Waals surface area contributed by atoms with Gasteiger partial charge in [0.15, 0.2) is 0 Å². The Labute approximate surface area is 149 Å². The molecule has 2 N–H and O–H groups in total. The van der Waals surface area contributed by atoms with Gasteiger partial charge in [-0.05, 0) is 87.9 Å². The summed E-state index contributed by atoms with van der Waals surface area (Å²) in [6, 6.07) is 0.294. The summed E-state index contributed by atoms with van der Waals surface area (Å²) in [5.41, 5.74) is 0.104. The quantitative estimate of drug-likeness (QED) is 0.823. The SMILES string of the molecule is O=C(CC1C[C@H]2CC[C@@H](C1)N2C(=O)O)NC12CC3CC(CC(C3)C1)C2. The second-order valence-corrected chi connectivity index (χ2v) is 9.86. The van der Waals surface area contributed by atoms with E-state index in [1.807, 2.05) is 0 Å². The van der Waals surface area contributed by atoms with Crippen molar-refractivity contribution in [1.29, 1.82) is 0 Å². The Bertz CT molecular complexity index is 540. The molecule has 6 bridgehead atoms. The van der Waals surface area contributed by atoms with E-state index in [0.29, 0.717) is 12.3 Å². The van der Waals surface area contributed by atoms with Gasteiger partial charge in [0.1, 0.15) is 0 Å². The van der Waals surface area contributed by atoms with Crippen LogP contribution in [0, 0.1) is 23.7 Å². The Balaban J connectivity index is 1.20. The van der Waals surface area contributed by atoms with E-state index in [4.69, 9.17) is 0 Å². The number of nitrogens with zero attached hydrogens (tertiary/aromatic N) is 1. The average molecular weight is 346 g/mol. The Hall–Kier alpha value is -1.26. The molecular weight excluding hydrogens is 316 g/mol. The summed E-state index contributed by atoms with van der Waals surface area (Å²) < 4.78 is 0. The first kappa shape index (κ1) is 16.0. The highest BCUT2D eigenvalue weighted by atomic mass is 16.4. The number of nitrogens with one attached hydrogen (secondary N) is 1. The standard InChI is InChI=1S/C20H30N2O3/c23-18(8-12-6-16-1-2-17(7-12)22(16)19(24)25)21-20-9-13-3-14(10-20)5-15(4-13)11-20/h12-17H,1-11H2,(H,21,23)(H,24,25)/t12?,13?,14?,15?,16-,17+,20?. The lowest BCUT2D eigenvalue weighted by Crippen LogP contribution is -2.60. The van der Waals surface area contributed by atoms with E-state index in [1.54, 1.807) is 4.90 Å². The van der Waals surface area contributed by atoms with Crippen LogP contribution in [0.4, 0.5) is 4.79 Å². The Kier molecular flexibility index (Phi) is 3.58. The second kappa shape index (κ2) is 5.62. The van der Waals surface area contributed by atoms with Crippen LogP contribution in [0.2, 0.25) is 0 Å². The van der Waals surface area contributed by atoms with Gasteiger partial charge >= 0.3 is 6.09 Å². The monoisotopic (exact) mass is 346 g/mol. The van der Waals surface area contributed by atoms with Crippen molar-refractivity contribution >= 4 is 12.0 Å². The Morgan fingerprint density at radius 3 is 1.92 bits per heavy atom. The van der Waals surface area contributed by atoms with Crippen LogP contribution >= 0.6 is 0 Å². The van der Waals surface area contributed by atoms with Gasteiger partial charge in [0.25, 0.3) is 0 Å². The van der Waals surface area contributed by atoms with Crippen molar-refractivity contribution < 1.29 is 14.7 Å². The van der Waals surface area contributed by atoms with Crippen LogP contribution in [0.5, 0.6) is 0 Å². The molecule has 1 unspecified atom stereocenters. The number of hydrogen-bond acceptors (Lipinski definition) is 2. The van der Waals surface area contributed by atoms with Crippen molar-refractivity contribution in [3.8, 4) is 0 Å². The number of rotatable bonds is 3. The fourth-order valence-electron chi connectivity index (χ4n) is 7.64. The van der Waals surface area contributed by atoms with Crippen LogP contribution in [0.15, 0.2) is 0 Å². The zero-order chi connectivity index (χ0) is 17.2. The number of carbonyl (C=O) groups is 2. The summed E-state index contributed by atoms with van der Waals surface area (Å²) in [4.78, 5) is 25.9. The summed E-state index contributed by atoms with van der Waals surface area (Å²) in [6.07, 6.45) is 11.3. The largest absolute Gasteiger partial charge is 0.465 e. The van der Waals surface area contributed by atoms with E-state index in [1.165, 1.54) is 38.5 Å². The van der Waals surface area contributed by atoms with Gasteiger partial charge in [0.05, 0.1) is 0 Å². The van der Waals surface area contributed by atoms with Gasteiger partial charge in [-0.15, -0.1) is 0 Å². The van der Waals surface area contributed by atoms with E-state index in [2.05, 4.69) is 5.32 Å². The first-order valence-corrected chi connectivity index (χ1v) is 10.3. The molecule has 0 radical (unpaired) electrons. The summed E-state index contributed by atoms with van der Waals surface area (Å²) in [6.45, 7) is 0. The number of fused-ring (bicyclic) bond motifs is 2. The maximum atomic E-state index is 12.8. The maximum Gasteiger partial charge on any atom is 0.407 e. The molecule has 2 saturated heterocycles. The Morgan fingerprint density at radius 1 is 0.920 bits per heavy atom. The molecule has 25 heavy (non-hydrogen) atoms. The third-order valence-corrected chi connectivity index (χ3v) is 7.97. The summed E-state index contributed by atoms with van der Waals surface area (Å²) in [5.74, 6) is 3.14. The zero-order valence-corrected chi connectivity index (χ0v) is 15.0. The molecule has 5 heteroatoms. The molecule has 0 aromatic rings. The molecule has 2 heterocycles. The van der Waals surface area contributed by atoms with Crippen molar-refractivity contribution in [2.24, 2.45) is 23.7 Å². The maximum absolute atomic E-state index is 12.8. The number of carbonyl (C=O) groups excluding carboxylic acids is 1. The molecule has 6 aliphatic rings. The zero-order valence-electron chi connectivity index (χ0n) is 15.0. The molecule has 5 nitrogen and oxygen atoms in total. The molecule has 0 spiro atoms. The lowest BCUT2D eigenvalue weighted by atomic mass is 9.53. The van der Waals surface area contributed by atoms with Gasteiger partial charge in [-0.3, -0.25) is 4.79 Å². The minimum absolute atomic E-state index is 0.104. The molecule has 6 fully saturated rings. The predicted molar refractivity (Wildman–Crippen MR) is 93.1 cm³/mol. The first-order valence-electron chi connectivity index (χ1n) is 10.3. The fraction of sp³-hybridized carbons (Fsp3) is 0.900. The molecule has 2 aliphatic heterocycles. The molecule has 0 aromatic carbocycles. The van der Waals surface area contributed by atoms with Crippen LogP contribution in [0.3, 0.4) is 0 Å². The van der Waals surface area contributed by atoms with E-state index >= 15 is 0 Å². The molecule has 6 rings (SSSR count). The van der Waals surface area contributed by atoms with E-state index in [9.17, 15) is 14.7 Å². The van der Waals surface area contributed by atoms with Crippen molar-refractivity contribution in [1.82, 2.24) is 10.2 Å². The van der Waals surface area contributed by atoms with Crippen molar-refractivity contribution in [3.63, 3.8) is 0 Å². The molecular formula is C20H30N2O3. The van der Waals surface area contributed by atoms with Crippen LogP contribution in [-0.4, -0.2) is 39.6 Å². The van der Waals surface area contributed by atoms with E-state index < -0.39 is 6.09 Å². The van der Waals surface area contributed by atoms with Crippen LogP contribution in [0.1, 0.15) is 70.6 Å². The average Bonchev–Trinajstić information content (AvgIpc) is 2.77. The fourth-order valence-corrected chi connectivity index (χ4v) is 7.64. The molecule has 3 atom stereocenters. The number of piperidine rings is 1. The van der Waals surface area contributed by atoms with Crippen LogP contribution in [0.25, 0.3) is 0 Å². The van der Waals surface area contributed by atoms with Gasteiger partial charge in [0.2, 0.25) is 5.91 Å². The minimum atomic E-state index is -0.774. The number of amides is 2. The lowest BCUT2D eigenvalue weighted by molar-refractivity contribution is -0.128. The minimum Gasteiger partial charge on any atom is -0.465 e. The highest BCUT2D eigenvalue weighted by Crippen LogP contribution is 2.55. The lowest BCUT2D eigenvalue weighted by Gasteiger charge is -2.57. The third kappa shape index (κ3) is 2.74. The normalized spacial score (nSPS) is 47.1. The van der Waals surface area contributed by atoms with Crippen molar-refractivity contribution in [2.75, 3.05) is 0 Å². The first-order chi connectivity index (χ1) is 12.0. The smallest absolute Gasteiger partial charge is 0.407 e. The molecule has 4 aliphatic carbocycles. The number of hydrogen-bond donors (Lipinski definition) is 2. The van der Waals surface area contributed by atoms with Gasteiger partial charge in [-0.1, -0.05) is 0 Å². The predicted octanol–water partition coefficient (Wildman–Crippen LogP) is 3.38.